The number of rotatable bonds is 9. The molecule has 0 fully saturated rings. The van der Waals surface area contributed by atoms with Gasteiger partial charge in [-0.3, -0.25) is 0 Å². The molecule has 0 aliphatic rings. The first-order valence-electron chi connectivity index (χ1n) is 8.39. The van der Waals surface area contributed by atoms with Crippen molar-refractivity contribution in [2.24, 2.45) is 22.7 Å². The molecule has 0 saturated carbocycles. The van der Waals surface area contributed by atoms with Crippen LogP contribution in [-0.2, 0) is 24.1 Å². The van der Waals surface area contributed by atoms with Gasteiger partial charge in [0.1, 0.15) is 0 Å². The molecule has 0 aromatic carbocycles. The van der Waals surface area contributed by atoms with E-state index in [1.165, 1.54) is 6.42 Å². The molecule has 21 heavy (non-hydrogen) atoms. The van der Waals surface area contributed by atoms with Crippen molar-refractivity contribution in [3.63, 3.8) is 0 Å². The summed E-state index contributed by atoms with van der Waals surface area (Å²) in [4.78, 5) is 0. The Labute approximate surface area is 145 Å². The van der Waals surface area contributed by atoms with E-state index in [9.17, 15) is 0 Å². The Morgan fingerprint density at radius 3 is 1.76 bits per heavy atom. The monoisotopic (exact) mass is 466 g/mol. The summed E-state index contributed by atoms with van der Waals surface area (Å²) in [6.45, 7) is 24.0. The Hall–Kier alpha value is 0.518. The molecule has 0 amide bonds. The summed E-state index contributed by atoms with van der Waals surface area (Å²) in [5.74, 6) is 1.27. The van der Waals surface area contributed by atoms with Crippen LogP contribution in [0.1, 0.15) is 82.1 Å². The van der Waals surface area contributed by atoms with Gasteiger partial charge in [0.25, 0.3) is 0 Å². The first-order valence-corrected chi connectivity index (χ1v) is 9.86. The fraction of sp³-hybridized carbons (Fsp3) is 0.947. The van der Waals surface area contributed by atoms with Crippen LogP contribution in [0.3, 0.4) is 0 Å². The van der Waals surface area contributed by atoms with E-state index in [1.54, 1.807) is 23.3 Å². The number of hydrogen-bond acceptors (Lipinski definition) is 1. The quantitative estimate of drug-likeness (QED) is 0.427. The summed E-state index contributed by atoms with van der Waals surface area (Å²) in [6, 6.07) is 0. The van der Waals surface area contributed by atoms with E-state index in [1.807, 2.05) is 0 Å². The van der Waals surface area contributed by atoms with E-state index in [0.29, 0.717) is 11.3 Å². The van der Waals surface area contributed by atoms with E-state index < -0.39 is 0 Å². The summed E-state index contributed by atoms with van der Waals surface area (Å²) < 4.78 is 7.84. The normalized spacial score (nSPS) is 14.1. The fourth-order valence-corrected chi connectivity index (χ4v) is 3.44. The summed E-state index contributed by atoms with van der Waals surface area (Å²) in [6.07, 6.45) is 2.36. The van der Waals surface area contributed by atoms with Gasteiger partial charge < -0.3 is 0 Å². The second-order valence-corrected chi connectivity index (χ2v) is 10.8. The molecule has 0 radical (unpaired) electrons. The van der Waals surface area contributed by atoms with E-state index in [2.05, 4.69) is 69.2 Å². The molecule has 0 aromatic rings. The maximum absolute atomic E-state index is 6.15. The summed E-state index contributed by atoms with van der Waals surface area (Å²) in [5, 5.41) is 0. The predicted molar refractivity (Wildman–Crippen MR) is 91.5 cm³/mol. The van der Waals surface area contributed by atoms with Gasteiger partial charge in [-0.05, 0) is 0 Å². The van der Waals surface area contributed by atoms with Crippen LogP contribution in [0.2, 0.25) is 0 Å². The number of hydrogen-bond donors (Lipinski definition) is 0. The van der Waals surface area contributed by atoms with Crippen LogP contribution < -0.4 is 0 Å². The molecule has 0 unspecified atom stereocenters. The van der Waals surface area contributed by atoms with Gasteiger partial charge in [-0.15, -0.1) is 0 Å². The molecule has 0 aromatic heterocycles. The number of ether oxygens (including phenoxy) is 1. The third-order valence-corrected chi connectivity index (χ3v) is 8.03. The van der Waals surface area contributed by atoms with Gasteiger partial charge in [-0.1, -0.05) is 0 Å². The average molecular weight is 466 g/mol. The van der Waals surface area contributed by atoms with Crippen molar-refractivity contribution in [2.45, 2.75) is 87.7 Å². The van der Waals surface area contributed by atoms with Crippen molar-refractivity contribution in [2.75, 3.05) is 6.61 Å². The molecular weight excluding hydrogens is 428 g/mol. The SMILES string of the molecule is CC(C)C(C)(C)C[C](=[W])C(C)(C)CCOC(C)(C)C(C)C. The zero-order chi connectivity index (χ0) is 17.1. The van der Waals surface area contributed by atoms with Crippen molar-refractivity contribution >= 4 is 3.90 Å². The van der Waals surface area contributed by atoms with Crippen LogP contribution in [0, 0.1) is 22.7 Å². The molecule has 126 valence electrons. The van der Waals surface area contributed by atoms with Crippen molar-refractivity contribution in [1.82, 2.24) is 0 Å². The van der Waals surface area contributed by atoms with Crippen LogP contribution in [0.25, 0.3) is 0 Å². The standard InChI is InChI=1S/C19H38O.W/c1-15(2)18(7,8)12-11-17(5,6)13-14-20-19(9,10)16(3)4;/h15-16H,12-14H2,1-10H3;. The van der Waals surface area contributed by atoms with Gasteiger partial charge in [-0.2, -0.15) is 0 Å². The first-order chi connectivity index (χ1) is 9.22. The minimum atomic E-state index is -0.0198. The molecule has 0 heterocycles. The van der Waals surface area contributed by atoms with Crippen molar-refractivity contribution in [1.29, 1.82) is 0 Å². The molecule has 2 heteroatoms. The predicted octanol–water partition coefficient (Wildman–Crippen LogP) is 5.65. The Balaban J connectivity index is 4.53. The summed E-state index contributed by atoms with van der Waals surface area (Å²) in [5.41, 5.74) is 0.662. The second-order valence-electron chi connectivity index (χ2n) is 8.98. The van der Waals surface area contributed by atoms with Crippen molar-refractivity contribution in [3.8, 4) is 0 Å². The van der Waals surface area contributed by atoms with E-state index in [-0.39, 0.29) is 11.0 Å². The Morgan fingerprint density at radius 2 is 1.38 bits per heavy atom. The molecule has 0 bridgehead atoms. The van der Waals surface area contributed by atoms with Gasteiger partial charge in [0.2, 0.25) is 0 Å². The zero-order valence-corrected chi connectivity index (χ0v) is 19.0. The van der Waals surface area contributed by atoms with E-state index in [4.69, 9.17) is 4.74 Å². The molecule has 0 aliphatic heterocycles. The van der Waals surface area contributed by atoms with E-state index in [0.717, 1.165) is 18.9 Å². The molecule has 0 saturated heterocycles. The van der Waals surface area contributed by atoms with Crippen LogP contribution in [0.15, 0.2) is 0 Å². The van der Waals surface area contributed by atoms with Crippen LogP contribution in [0.4, 0.5) is 0 Å². The first kappa shape index (κ1) is 21.5. The minimum absolute atomic E-state index is 0.0198. The van der Waals surface area contributed by atoms with Gasteiger partial charge in [0, 0.05) is 0 Å². The van der Waals surface area contributed by atoms with Crippen molar-refractivity contribution < 1.29 is 24.1 Å². The molecule has 0 atom stereocenters. The molecule has 0 aliphatic carbocycles. The zero-order valence-electron chi connectivity index (χ0n) is 16.1. The van der Waals surface area contributed by atoms with Gasteiger partial charge >= 0.3 is 145 Å². The van der Waals surface area contributed by atoms with Gasteiger partial charge in [0.05, 0.1) is 0 Å². The molecular formula is C19H38OW. The Kier molecular flexibility index (Phi) is 8.06. The Bertz CT molecular complexity index is 337. The second kappa shape index (κ2) is 7.87. The maximum atomic E-state index is 6.15. The molecule has 0 N–H and O–H groups in total. The van der Waals surface area contributed by atoms with Crippen LogP contribution in [0.5, 0.6) is 0 Å². The third kappa shape index (κ3) is 7.08. The third-order valence-electron chi connectivity index (χ3n) is 5.53. The van der Waals surface area contributed by atoms with Gasteiger partial charge in [-0.25, -0.2) is 0 Å². The van der Waals surface area contributed by atoms with Gasteiger partial charge in [0.15, 0.2) is 0 Å². The molecule has 0 spiro atoms. The fourth-order valence-electron chi connectivity index (χ4n) is 1.73. The Morgan fingerprint density at radius 1 is 0.905 bits per heavy atom. The van der Waals surface area contributed by atoms with E-state index >= 15 is 0 Å². The summed E-state index contributed by atoms with van der Waals surface area (Å²) >= 11 is 1.65. The molecule has 0 rings (SSSR count). The van der Waals surface area contributed by atoms with Crippen LogP contribution >= 0.6 is 0 Å². The topological polar surface area (TPSA) is 9.23 Å². The van der Waals surface area contributed by atoms with Crippen molar-refractivity contribution in [3.05, 3.63) is 0 Å². The molecule has 1 nitrogen and oxygen atoms in total. The van der Waals surface area contributed by atoms with Crippen LogP contribution in [-0.4, -0.2) is 16.1 Å². The average Bonchev–Trinajstić information content (AvgIpc) is 2.27. The summed E-state index contributed by atoms with van der Waals surface area (Å²) in [7, 11) is 0.